The van der Waals surface area contributed by atoms with Crippen LogP contribution in [0.3, 0.4) is 0 Å². The van der Waals surface area contributed by atoms with Crippen LogP contribution in [0.5, 0.6) is 11.5 Å². The average molecular weight is 693 g/mol. The number of rotatable bonds is 4. The summed E-state index contributed by atoms with van der Waals surface area (Å²) in [6.45, 7) is 0. The maximum Gasteiger partial charge on any atom is 0.132 e. The quantitative estimate of drug-likeness (QED) is 0.178. The molecule has 2 heteroatoms. The Morgan fingerprint density at radius 2 is 0.906 bits per heavy atom. The van der Waals surface area contributed by atoms with E-state index in [-0.39, 0.29) is 0 Å². The van der Waals surface area contributed by atoms with Gasteiger partial charge < -0.3 is 4.74 Å². The molecule has 1 aromatic heterocycles. The molecule has 8 aromatic carbocycles. The zero-order chi connectivity index (χ0) is 34.9. The van der Waals surface area contributed by atoms with Crippen LogP contribution in [0, 0.1) is 0 Å². The molecule has 2 aliphatic rings. The molecule has 1 spiro atoms. The highest BCUT2D eigenvalue weighted by Crippen LogP contribution is 2.62. The van der Waals surface area contributed by atoms with Crippen LogP contribution >= 0.6 is 11.3 Å². The summed E-state index contributed by atoms with van der Waals surface area (Å²) in [5.41, 5.74) is 14.5. The fraction of sp³-hybridized carbons (Fsp3) is 0.0196. The van der Waals surface area contributed by atoms with Crippen LogP contribution < -0.4 is 4.74 Å². The van der Waals surface area contributed by atoms with E-state index >= 15 is 0 Å². The van der Waals surface area contributed by atoms with Crippen molar-refractivity contribution in [2.24, 2.45) is 0 Å². The van der Waals surface area contributed by atoms with Gasteiger partial charge in [-0.2, -0.15) is 0 Å². The minimum absolute atomic E-state index is 0.452. The highest BCUT2D eigenvalue weighted by Gasteiger charge is 2.50. The molecule has 1 aliphatic heterocycles. The lowest BCUT2D eigenvalue weighted by atomic mass is 9.66. The van der Waals surface area contributed by atoms with Crippen molar-refractivity contribution >= 4 is 22.1 Å². The predicted molar refractivity (Wildman–Crippen MR) is 221 cm³/mol. The molecule has 0 saturated heterocycles. The van der Waals surface area contributed by atoms with E-state index in [1.807, 2.05) is 11.3 Å². The van der Waals surface area contributed by atoms with Crippen molar-refractivity contribution in [3.8, 4) is 65.8 Å². The van der Waals surface area contributed by atoms with E-state index in [1.165, 1.54) is 81.7 Å². The van der Waals surface area contributed by atoms with Crippen LogP contribution in [0.15, 0.2) is 194 Å². The summed E-state index contributed by atoms with van der Waals surface area (Å²) in [4.78, 5) is 2.45. The summed E-state index contributed by atoms with van der Waals surface area (Å²) in [5.74, 6) is 1.82. The van der Waals surface area contributed by atoms with Crippen LogP contribution in [-0.2, 0) is 5.41 Å². The van der Waals surface area contributed by atoms with Gasteiger partial charge in [0, 0.05) is 20.9 Å². The Morgan fingerprint density at radius 3 is 1.66 bits per heavy atom. The summed E-state index contributed by atoms with van der Waals surface area (Å²) >= 11 is 1.84. The summed E-state index contributed by atoms with van der Waals surface area (Å²) < 4.78 is 6.82. The lowest BCUT2D eigenvalue weighted by molar-refractivity contribution is 0.436. The third-order valence-electron chi connectivity index (χ3n) is 11.2. The molecule has 1 nitrogen and oxygen atoms in total. The first-order valence-electron chi connectivity index (χ1n) is 18.2. The number of fused-ring (bicyclic) bond motifs is 10. The van der Waals surface area contributed by atoms with Crippen molar-refractivity contribution in [3.63, 3.8) is 0 Å². The van der Waals surface area contributed by atoms with Gasteiger partial charge in [0.15, 0.2) is 0 Å². The molecule has 0 bridgehead atoms. The third-order valence-corrected chi connectivity index (χ3v) is 12.4. The van der Waals surface area contributed by atoms with Gasteiger partial charge >= 0.3 is 0 Å². The zero-order valence-corrected chi connectivity index (χ0v) is 29.6. The Labute approximate surface area is 313 Å². The maximum absolute atomic E-state index is 6.82. The molecule has 53 heavy (non-hydrogen) atoms. The van der Waals surface area contributed by atoms with Crippen molar-refractivity contribution in [1.82, 2.24) is 0 Å². The monoisotopic (exact) mass is 692 g/mol. The predicted octanol–water partition coefficient (Wildman–Crippen LogP) is 14.0. The standard InChI is InChI=1S/C51H32OS/c1-2-14-33(15-3-1)36-22-12-16-34-17-13-23-41(50(34)36)37-18-4-5-21-40(37)49-31-30-48(53-49)35-28-29-45-47(32-35)52-46-27-11-10-26-44(46)51(45)42-24-8-6-19-38(42)39-20-7-9-25-43(39)51/h1-32H. The second-order valence-corrected chi connectivity index (χ2v) is 15.0. The number of benzene rings is 8. The first-order valence-corrected chi connectivity index (χ1v) is 19.0. The van der Waals surface area contributed by atoms with Gasteiger partial charge in [0.2, 0.25) is 0 Å². The SMILES string of the molecule is c1ccc(-c2cccc3cccc(-c4ccccc4-c4ccc(-c5ccc6c(c5)Oc5ccccc5C65c6ccccc6-c6ccccc65)s4)c23)cc1. The molecule has 0 amide bonds. The number of thiophene rings is 1. The third kappa shape index (κ3) is 4.43. The lowest BCUT2D eigenvalue weighted by Gasteiger charge is -2.39. The Hall–Kier alpha value is -6.48. The molecule has 1 aliphatic carbocycles. The van der Waals surface area contributed by atoms with Crippen LogP contribution in [0.1, 0.15) is 22.3 Å². The Kier molecular flexibility index (Phi) is 6.71. The normalized spacial score (nSPS) is 13.2. The van der Waals surface area contributed by atoms with Gasteiger partial charge in [-0.1, -0.05) is 170 Å². The molecule has 0 radical (unpaired) electrons. The maximum atomic E-state index is 6.82. The van der Waals surface area contributed by atoms with Gasteiger partial charge in [0.05, 0.1) is 5.41 Å². The molecule has 9 aromatic rings. The van der Waals surface area contributed by atoms with Gasteiger partial charge in [-0.3, -0.25) is 0 Å². The van der Waals surface area contributed by atoms with Crippen molar-refractivity contribution in [2.45, 2.75) is 5.41 Å². The molecule has 11 rings (SSSR count). The smallest absolute Gasteiger partial charge is 0.132 e. The molecule has 0 N–H and O–H groups in total. The summed E-state index contributed by atoms with van der Waals surface area (Å²) in [5, 5.41) is 2.52. The number of ether oxygens (including phenoxy) is 1. The molecule has 0 unspecified atom stereocenters. The Balaban J connectivity index is 1.04. The highest BCUT2D eigenvalue weighted by atomic mass is 32.1. The van der Waals surface area contributed by atoms with Crippen LogP contribution in [-0.4, -0.2) is 0 Å². The zero-order valence-electron chi connectivity index (χ0n) is 28.8. The molecular formula is C51H32OS. The molecule has 0 atom stereocenters. The average Bonchev–Trinajstić information content (AvgIpc) is 3.83. The van der Waals surface area contributed by atoms with E-state index in [1.54, 1.807) is 0 Å². The molecule has 2 heterocycles. The summed E-state index contributed by atoms with van der Waals surface area (Å²) in [6, 6.07) is 70.7. The first-order chi connectivity index (χ1) is 26.3. The van der Waals surface area contributed by atoms with Gasteiger partial charge in [-0.25, -0.2) is 0 Å². The van der Waals surface area contributed by atoms with Gasteiger partial charge in [-0.05, 0) is 90.7 Å². The van der Waals surface area contributed by atoms with E-state index < -0.39 is 5.41 Å². The second kappa shape index (κ2) is 11.8. The fourth-order valence-electron chi connectivity index (χ4n) is 9.01. The number of hydrogen-bond acceptors (Lipinski definition) is 2. The summed E-state index contributed by atoms with van der Waals surface area (Å²) in [6.07, 6.45) is 0. The van der Waals surface area contributed by atoms with Crippen molar-refractivity contribution in [3.05, 3.63) is 216 Å². The van der Waals surface area contributed by atoms with E-state index in [0.29, 0.717) is 0 Å². The summed E-state index contributed by atoms with van der Waals surface area (Å²) in [7, 11) is 0. The van der Waals surface area contributed by atoms with Gasteiger partial charge in [-0.15, -0.1) is 11.3 Å². The molecule has 0 fully saturated rings. The minimum atomic E-state index is -0.452. The lowest BCUT2D eigenvalue weighted by Crippen LogP contribution is -2.32. The van der Waals surface area contributed by atoms with Crippen LogP contribution in [0.25, 0.3) is 65.0 Å². The molecule has 248 valence electrons. The van der Waals surface area contributed by atoms with E-state index in [4.69, 9.17) is 4.74 Å². The van der Waals surface area contributed by atoms with Gasteiger partial charge in [0.25, 0.3) is 0 Å². The number of para-hydroxylation sites is 1. The highest BCUT2D eigenvalue weighted by molar-refractivity contribution is 7.18. The van der Waals surface area contributed by atoms with E-state index in [0.717, 1.165) is 17.1 Å². The largest absolute Gasteiger partial charge is 0.457 e. The van der Waals surface area contributed by atoms with Crippen molar-refractivity contribution < 1.29 is 4.74 Å². The first kappa shape index (κ1) is 30.2. The minimum Gasteiger partial charge on any atom is -0.457 e. The number of hydrogen-bond donors (Lipinski definition) is 0. The topological polar surface area (TPSA) is 9.23 Å². The molecular weight excluding hydrogens is 661 g/mol. The van der Waals surface area contributed by atoms with Crippen molar-refractivity contribution in [1.29, 1.82) is 0 Å². The Bertz CT molecular complexity index is 2830. The van der Waals surface area contributed by atoms with Crippen LogP contribution in [0.2, 0.25) is 0 Å². The van der Waals surface area contributed by atoms with E-state index in [2.05, 4.69) is 194 Å². The second-order valence-electron chi connectivity index (χ2n) is 13.9. The fourth-order valence-corrected chi connectivity index (χ4v) is 10.1. The van der Waals surface area contributed by atoms with Gasteiger partial charge in [0.1, 0.15) is 11.5 Å². The van der Waals surface area contributed by atoms with E-state index in [9.17, 15) is 0 Å². The van der Waals surface area contributed by atoms with Crippen LogP contribution in [0.4, 0.5) is 0 Å². The van der Waals surface area contributed by atoms with Crippen molar-refractivity contribution in [2.75, 3.05) is 0 Å². The Morgan fingerprint density at radius 1 is 0.340 bits per heavy atom. The molecule has 0 saturated carbocycles.